The Morgan fingerprint density at radius 3 is 2.69 bits per heavy atom. The van der Waals surface area contributed by atoms with Crippen molar-refractivity contribution in [3.63, 3.8) is 0 Å². The van der Waals surface area contributed by atoms with Gasteiger partial charge in [-0.1, -0.05) is 0 Å². The quantitative estimate of drug-likeness (QED) is 0.638. The SMILES string of the molecule is N#Cc1nc(I)c(O)cc1C(F)F. The normalized spacial score (nSPS) is 10.1. The minimum Gasteiger partial charge on any atom is -0.505 e. The average molecular weight is 296 g/mol. The van der Waals surface area contributed by atoms with Gasteiger partial charge in [-0.15, -0.1) is 0 Å². The van der Waals surface area contributed by atoms with Crippen molar-refractivity contribution in [2.24, 2.45) is 0 Å². The number of nitrogens with zero attached hydrogens (tertiary/aromatic N) is 2. The van der Waals surface area contributed by atoms with E-state index in [4.69, 9.17) is 10.4 Å². The average Bonchev–Trinajstić information content (AvgIpc) is 2.08. The van der Waals surface area contributed by atoms with Gasteiger partial charge in [-0.25, -0.2) is 13.8 Å². The van der Waals surface area contributed by atoms with E-state index < -0.39 is 12.0 Å². The molecule has 3 nitrogen and oxygen atoms in total. The van der Waals surface area contributed by atoms with E-state index in [9.17, 15) is 8.78 Å². The van der Waals surface area contributed by atoms with Crippen LogP contribution in [0.4, 0.5) is 8.78 Å². The summed E-state index contributed by atoms with van der Waals surface area (Å²) in [4.78, 5) is 3.51. The second-order valence-corrected chi connectivity index (χ2v) is 3.17. The van der Waals surface area contributed by atoms with Gasteiger partial charge in [-0.3, -0.25) is 0 Å². The zero-order chi connectivity index (χ0) is 10.0. The summed E-state index contributed by atoms with van der Waals surface area (Å²) in [6.45, 7) is 0. The summed E-state index contributed by atoms with van der Waals surface area (Å²) in [6, 6.07) is 2.40. The maximum atomic E-state index is 12.2. The predicted molar refractivity (Wildman–Crippen MR) is 48.3 cm³/mol. The fourth-order valence-corrected chi connectivity index (χ4v) is 1.15. The summed E-state index contributed by atoms with van der Waals surface area (Å²) in [7, 11) is 0. The standard InChI is InChI=1S/C7H3F2IN2O/c8-6(9)3-1-5(13)7(10)12-4(3)2-11/h1,6,13H. The number of rotatable bonds is 1. The summed E-state index contributed by atoms with van der Waals surface area (Å²) >= 11 is 1.66. The molecule has 0 amide bonds. The van der Waals surface area contributed by atoms with Gasteiger partial charge in [-0.05, 0) is 28.7 Å². The second kappa shape index (κ2) is 3.83. The van der Waals surface area contributed by atoms with Crippen LogP contribution in [0.5, 0.6) is 5.75 Å². The van der Waals surface area contributed by atoms with Crippen molar-refractivity contribution in [1.82, 2.24) is 4.98 Å². The van der Waals surface area contributed by atoms with Crippen LogP contribution in [0.1, 0.15) is 17.7 Å². The molecule has 68 valence electrons. The van der Waals surface area contributed by atoms with E-state index in [1.54, 1.807) is 22.6 Å². The van der Waals surface area contributed by atoms with Gasteiger partial charge in [0.05, 0.1) is 5.56 Å². The molecule has 0 spiro atoms. The summed E-state index contributed by atoms with van der Waals surface area (Å²) < 4.78 is 24.6. The van der Waals surface area contributed by atoms with E-state index in [0.29, 0.717) is 0 Å². The van der Waals surface area contributed by atoms with Crippen molar-refractivity contribution in [2.75, 3.05) is 0 Å². The van der Waals surface area contributed by atoms with Gasteiger partial charge in [0.25, 0.3) is 6.43 Å². The molecule has 1 aromatic heterocycles. The first-order chi connectivity index (χ1) is 6.06. The molecule has 1 aromatic rings. The molecule has 1 rings (SSSR count). The largest absolute Gasteiger partial charge is 0.505 e. The van der Waals surface area contributed by atoms with E-state index in [-0.39, 0.29) is 15.1 Å². The number of aromatic hydroxyl groups is 1. The van der Waals surface area contributed by atoms with Crippen LogP contribution in [0.25, 0.3) is 0 Å². The topological polar surface area (TPSA) is 56.9 Å². The van der Waals surface area contributed by atoms with Gasteiger partial charge in [-0.2, -0.15) is 5.26 Å². The van der Waals surface area contributed by atoms with Crippen molar-refractivity contribution in [3.05, 3.63) is 21.0 Å². The molecular formula is C7H3F2IN2O. The van der Waals surface area contributed by atoms with E-state index in [1.165, 1.54) is 6.07 Å². The lowest BCUT2D eigenvalue weighted by molar-refractivity contribution is 0.150. The number of halogens is 3. The fraction of sp³-hybridized carbons (Fsp3) is 0.143. The molecule has 6 heteroatoms. The van der Waals surface area contributed by atoms with E-state index in [2.05, 4.69) is 4.98 Å². The molecular weight excluding hydrogens is 293 g/mol. The molecule has 0 saturated heterocycles. The highest BCUT2D eigenvalue weighted by Gasteiger charge is 2.16. The number of nitriles is 1. The van der Waals surface area contributed by atoms with Crippen molar-refractivity contribution in [1.29, 1.82) is 5.26 Å². The first-order valence-electron chi connectivity index (χ1n) is 3.14. The maximum Gasteiger partial charge on any atom is 0.266 e. The van der Waals surface area contributed by atoms with Crippen LogP contribution in [-0.2, 0) is 0 Å². The predicted octanol–water partition coefficient (Wildman–Crippen LogP) is 2.20. The zero-order valence-electron chi connectivity index (χ0n) is 6.13. The smallest absolute Gasteiger partial charge is 0.266 e. The van der Waals surface area contributed by atoms with Gasteiger partial charge in [0.15, 0.2) is 5.69 Å². The van der Waals surface area contributed by atoms with Crippen molar-refractivity contribution < 1.29 is 13.9 Å². The summed E-state index contributed by atoms with van der Waals surface area (Å²) in [5, 5.41) is 17.5. The molecule has 0 aromatic carbocycles. The van der Waals surface area contributed by atoms with Gasteiger partial charge in [0.1, 0.15) is 15.5 Å². The Morgan fingerprint density at radius 2 is 2.23 bits per heavy atom. The van der Waals surface area contributed by atoms with Crippen LogP contribution in [0, 0.1) is 15.0 Å². The molecule has 13 heavy (non-hydrogen) atoms. The minimum atomic E-state index is -2.80. The fourth-order valence-electron chi connectivity index (χ4n) is 0.751. The number of hydrogen-bond donors (Lipinski definition) is 1. The van der Waals surface area contributed by atoms with Crippen LogP contribution in [0.2, 0.25) is 0 Å². The van der Waals surface area contributed by atoms with E-state index in [1.807, 2.05) is 0 Å². The molecule has 0 fully saturated rings. The van der Waals surface area contributed by atoms with Crippen LogP contribution in [0.3, 0.4) is 0 Å². The Balaban J connectivity index is 3.35. The molecule has 1 N–H and O–H groups in total. The minimum absolute atomic E-state index is 0.138. The molecule has 0 unspecified atom stereocenters. The Bertz CT molecular complexity index is 375. The molecule has 0 atom stereocenters. The molecule has 0 saturated carbocycles. The van der Waals surface area contributed by atoms with E-state index in [0.717, 1.165) is 6.07 Å². The summed E-state index contributed by atoms with van der Waals surface area (Å²) in [5.41, 5.74) is -0.891. The Kier molecular flexibility index (Phi) is 2.98. The molecule has 0 radical (unpaired) electrons. The van der Waals surface area contributed by atoms with Gasteiger partial charge >= 0.3 is 0 Å². The van der Waals surface area contributed by atoms with Crippen LogP contribution >= 0.6 is 22.6 Å². The third-order valence-corrected chi connectivity index (χ3v) is 2.12. The number of hydrogen-bond acceptors (Lipinski definition) is 3. The molecule has 1 heterocycles. The van der Waals surface area contributed by atoms with Gasteiger partial charge < -0.3 is 5.11 Å². The third kappa shape index (κ3) is 2.03. The maximum absolute atomic E-state index is 12.2. The number of aromatic nitrogens is 1. The highest BCUT2D eigenvalue weighted by molar-refractivity contribution is 14.1. The Labute approximate surface area is 86.2 Å². The lowest BCUT2D eigenvalue weighted by Crippen LogP contribution is -1.96. The van der Waals surface area contributed by atoms with Crippen LogP contribution in [-0.4, -0.2) is 10.1 Å². The molecule has 0 aliphatic carbocycles. The lowest BCUT2D eigenvalue weighted by atomic mass is 10.2. The molecule has 0 aliphatic rings. The third-order valence-electron chi connectivity index (χ3n) is 1.33. The number of pyridine rings is 1. The first kappa shape index (κ1) is 10.1. The summed E-state index contributed by atoms with van der Waals surface area (Å²) in [5.74, 6) is -0.338. The lowest BCUT2D eigenvalue weighted by Gasteiger charge is -2.03. The van der Waals surface area contributed by atoms with Crippen LogP contribution in [0.15, 0.2) is 6.07 Å². The Morgan fingerprint density at radius 1 is 1.62 bits per heavy atom. The molecule has 0 bridgehead atoms. The first-order valence-corrected chi connectivity index (χ1v) is 4.21. The van der Waals surface area contributed by atoms with Crippen LogP contribution < -0.4 is 0 Å². The Hall–Kier alpha value is -0.970. The number of alkyl halides is 2. The molecule has 0 aliphatic heterocycles. The second-order valence-electron chi connectivity index (χ2n) is 2.15. The monoisotopic (exact) mass is 296 g/mol. The van der Waals surface area contributed by atoms with Crippen molar-refractivity contribution >= 4 is 22.6 Å². The van der Waals surface area contributed by atoms with Crippen molar-refractivity contribution in [3.8, 4) is 11.8 Å². The highest BCUT2D eigenvalue weighted by atomic mass is 127. The van der Waals surface area contributed by atoms with Crippen molar-refractivity contribution in [2.45, 2.75) is 6.43 Å². The summed E-state index contributed by atoms with van der Waals surface area (Å²) in [6.07, 6.45) is -2.80. The van der Waals surface area contributed by atoms with Gasteiger partial charge in [0, 0.05) is 0 Å². The zero-order valence-corrected chi connectivity index (χ0v) is 8.29. The highest BCUT2D eigenvalue weighted by Crippen LogP contribution is 2.27. The van der Waals surface area contributed by atoms with E-state index >= 15 is 0 Å². The van der Waals surface area contributed by atoms with Gasteiger partial charge in [0.2, 0.25) is 0 Å².